The average Bonchev–Trinajstić information content (AvgIpc) is 3.11. The van der Waals surface area contributed by atoms with Gasteiger partial charge in [-0.2, -0.15) is 5.26 Å². The minimum Gasteiger partial charge on any atom is -0.496 e. The van der Waals surface area contributed by atoms with E-state index in [1.54, 1.807) is 23.1 Å². The molecule has 1 N–H and O–H groups in total. The van der Waals surface area contributed by atoms with Gasteiger partial charge < -0.3 is 19.5 Å². The summed E-state index contributed by atoms with van der Waals surface area (Å²) in [6.45, 7) is 6.91. The zero-order valence-corrected chi connectivity index (χ0v) is 18.2. The van der Waals surface area contributed by atoms with Crippen LogP contribution in [0.15, 0.2) is 30.0 Å². The van der Waals surface area contributed by atoms with Crippen molar-refractivity contribution in [2.24, 2.45) is 0 Å². The van der Waals surface area contributed by atoms with E-state index >= 15 is 0 Å². The van der Waals surface area contributed by atoms with E-state index in [0.717, 1.165) is 25.7 Å². The second kappa shape index (κ2) is 9.53. The van der Waals surface area contributed by atoms with Crippen molar-refractivity contribution >= 4 is 5.91 Å². The Morgan fingerprint density at radius 1 is 1.27 bits per heavy atom. The smallest absolute Gasteiger partial charge is 0.251 e. The first kappa shape index (κ1) is 22.2. The number of ether oxygens (including phenoxy) is 2. The zero-order chi connectivity index (χ0) is 21.7. The molecule has 0 bridgehead atoms. The van der Waals surface area contributed by atoms with Crippen molar-refractivity contribution in [2.45, 2.75) is 77.0 Å². The van der Waals surface area contributed by atoms with Crippen LogP contribution in [0.25, 0.3) is 0 Å². The molecule has 6 nitrogen and oxygen atoms in total. The Morgan fingerprint density at radius 3 is 2.57 bits per heavy atom. The van der Waals surface area contributed by atoms with E-state index in [1.165, 1.54) is 6.08 Å². The number of nitriles is 1. The second-order valence-corrected chi connectivity index (χ2v) is 8.14. The van der Waals surface area contributed by atoms with E-state index in [9.17, 15) is 15.2 Å². The number of unbranched alkanes of at least 4 members (excludes halogenated alkanes) is 2. The fourth-order valence-corrected chi connectivity index (χ4v) is 4.51. The van der Waals surface area contributed by atoms with Crippen molar-refractivity contribution < 1.29 is 19.4 Å². The van der Waals surface area contributed by atoms with E-state index in [0.29, 0.717) is 48.6 Å². The standard InChI is InChI=1S/C24H32N2O4/c1-4-7-11-24(12-8-5-2)23(28)22(26-16-18(29-6-3)14-21(26)27)19-13-17(15-25)9-10-20(19)30-24/h9-10,13-14,22-23,28H,4-8,11-12,16H2,1-3H3/t22-,23+/m0/s1. The number of carbonyl (C=O) groups excluding carboxylic acids is 1. The molecule has 2 aliphatic heterocycles. The maximum atomic E-state index is 12.9. The molecule has 0 saturated heterocycles. The number of carbonyl (C=O) groups is 1. The molecule has 1 aromatic rings. The third-order valence-electron chi connectivity index (χ3n) is 6.08. The predicted octanol–water partition coefficient (Wildman–Crippen LogP) is 4.23. The van der Waals surface area contributed by atoms with Crippen LogP contribution in [0.1, 0.15) is 76.5 Å². The summed E-state index contributed by atoms with van der Waals surface area (Å²) in [7, 11) is 0. The number of hydrogen-bond acceptors (Lipinski definition) is 5. The van der Waals surface area contributed by atoms with Gasteiger partial charge in [0.25, 0.3) is 5.91 Å². The number of amides is 1. The van der Waals surface area contributed by atoms with E-state index < -0.39 is 17.7 Å². The van der Waals surface area contributed by atoms with Crippen LogP contribution in [-0.4, -0.2) is 40.8 Å². The third kappa shape index (κ3) is 4.17. The third-order valence-corrected chi connectivity index (χ3v) is 6.08. The Labute approximate surface area is 179 Å². The Morgan fingerprint density at radius 2 is 1.97 bits per heavy atom. The van der Waals surface area contributed by atoms with Crippen molar-refractivity contribution in [1.82, 2.24) is 4.90 Å². The van der Waals surface area contributed by atoms with Crippen molar-refractivity contribution in [2.75, 3.05) is 13.2 Å². The van der Waals surface area contributed by atoms with Crippen molar-refractivity contribution in [3.05, 3.63) is 41.2 Å². The molecule has 162 valence electrons. The first-order chi connectivity index (χ1) is 14.5. The Balaban J connectivity index is 2.06. The number of aliphatic hydroxyl groups is 1. The van der Waals surface area contributed by atoms with E-state index in [2.05, 4.69) is 19.9 Å². The lowest BCUT2D eigenvalue weighted by atomic mass is 9.77. The molecule has 1 amide bonds. The van der Waals surface area contributed by atoms with Gasteiger partial charge in [0.05, 0.1) is 30.8 Å². The Hall–Kier alpha value is -2.52. The molecule has 0 aromatic heterocycles. The van der Waals surface area contributed by atoms with Crippen LogP contribution in [0, 0.1) is 11.3 Å². The van der Waals surface area contributed by atoms with Crippen molar-refractivity contribution in [3.8, 4) is 11.8 Å². The molecule has 2 atom stereocenters. The highest BCUT2D eigenvalue weighted by molar-refractivity contribution is 5.91. The van der Waals surface area contributed by atoms with Crippen LogP contribution in [0.2, 0.25) is 0 Å². The monoisotopic (exact) mass is 412 g/mol. The maximum Gasteiger partial charge on any atom is 0.251 e. The lowest BCUT2D eigenvalue weighted by Crippen LogP contribution is -2.57. The number of benzene rings is 1. The van der Waals surface area contributed by atoms with Crippen molar-refractivity contribution in [3.63, 3.8) is 0 Å². The summed E-state index contributed by atoms with van der Waals surface area (Å²) >= 11 is 0. The lowest BCUT2D eigenvalue weighted by Gasteiger charge is -2.49. The highest BCUT2D eigenvalue weighted by Gasteiger charge is 2.52. The molecular formula is C24H32N2O4. The Kier molecular flexibility index (Phi) is 7.04. The summed E-state index contributed by atoms with van der Waals surface area (Å²) in [6, 6.07) is 6.84. The zero-order valence-electron chi connectivity index (χ0n) is 18.2. The van der Waals surface area contributed by atoms with E-state index in [4.69, 9.17) is 9.47 Å². The van der Waals surface area contributed by atoms with Crippen LogP contribution in [0.5, 0.6) is 5.75 Å². The number of fused-ring (bicyclic) bond motifs is 1. The van der Waals surface area contributed by atoms with Gasteiger partial charge in [-0.15, -0.1) is 0 Å². The van der Waals surface area contributed by atoms with Crippen LogP contribution < -0.4 is 4.74 Å². The quantitative estimate of drug-likeness (QED) is 0.656. The van der Waals surface area contributed by atoms with Crippen LogP contribution >= 0.6 is 0 Å². The summed E-state index contributed by atoms with van der Waals surface area (Å²) in [5.74, 6) is 1.07. The summed E-state index contributed by atoms with van der Waals surface area (Å²) in [5.41, 5.74) is 0.408. The maximum absolute atomic E-state index is 12.9. The predicted molar refractivity (Wildman–Crippen MR) is 114 cm³/mol. The molecule has 3 rings (SSSR count). The number of rotatable bonds is 9. The summed E-state index contributed by atoms with van der Waals surface area (Å²) in [4.78, 5) is 14.5. The minimum atomic E-state index is -0.893. The largest absolute Gasteiger partial charge is 0.496 e. The van der Waals surface area contributed by atoms with E-state index in [-0.39, 0.29) is 5.91 Å². The molecule has 0 aliphatic carbocycles. The number of nitrogens with zero attached hydrogens (tertiary/aromatic N) is 2. The molecule has 0 fully saturated rings. The fourth-order valence-electron chi connectivity index (χ4n) is 4.51. The molecule has 0 spiro atoms. The minimum absolute atomic E-state index is 0.183. The van der Waals surface area contributed by atoms with E-state index in [1.807, 2.05) is 6.92 Å². The fraction of sp³-hybridized carbons (Fsp3) is 0.583. The van der Waals surface area contributed by atoms with Gasteiger partial charge in [-0.1, -0.05) is 26.7 Å². The first-order valence-corrected chi connectivity index (χ1v) is 11.0. The van der Waals surface area contributed by atoms with Gasteiger partial charge >= 0.3 is 0 Å². The van der Waals surface area contributed by atoms with Gasteiger partial charge in [0.15, 0.2) is 0 Å². The molecule has 0 saturated carbocycles. The molecular weight excluding hydrogens is 380 g/mol. The molecule has 2 heterocycles. The normalized spacial score (nSPS) is 22.2. The second-order valence-electron chi connectivity index (χ2n) is 8.14. The topological polar surface area (TPSA) is 82.8 Å². The number of hydrogen-bond donors (Lipinski definition) is 1. The Bertz CT molecular complexity index is 834. The van der Waals surface area contributed by atoms with Crippen molar-refractivity contribution in [1.29, 1.82) is 5.26 Å². The van der Waals surface area contributed by atoms with Crippen LogP contribution in [-0.2, 0) is 9.53 Å². The highest BCUT2D eigenvalue weighted by Crippen LogP contribution is 2.48. The highest BCUT2D eigenvalue weighted by atomic mass is 16.5. The average molecular weight is 413 g/mol. The molecule has 0 radical (unpaired) electrons. The lowest BCUT2D eigenvalue weighted by molar-refractivity contribution is -0.144. The summed E-state index contributed by atoms with van der Waals surface area (Å²) in [5, 5.41) is 21.1. The molecule has 30 heavy (non-hydrogen) atoms. The van der Waals surface area contributed by atoms with Gasteiger partial charge in [-0.25, -0.2) is 0 Å². The van der Waals surface area contributed by atoms with Gasteiger partial charge in [0.2, 0.25) is 0 Å². The SMILES string of the molecule is CCCCC1(CCCC)Oc2ccc(C#N)cc2[C@H](N2CC(OCC)=CC2=O)[C@H]1O. The molecule has 1 aromatic carbocycles. The van der Waals surface area contributed by atoms with Gasteiger partial charge in [0.1, 0.15) is 23.2 Å². The first-order valence-electron chi connectivity index (χ1n) is 11.0. The molecule has 2 aliphatic rings. The van der Waals surface area contributed by atoms with Gasteiger partial charge in [-0.05, 0) is 50.8 Å². The molecule has 0 unspecified atom stereocenters. The summed E-state index contributed by atoms with van der Waals surface area (Å²) in [6.07, 6.45) is 5.88. The summed E-state index contributed by atoms with van der Waals surface area (Å²) < 4.78 is 12.1. The van der Waals surface area contributed by atoms with Crippen LogP contribution in [0.3, 0.4) is 0 Å². The number of aliphatic hydroxyl groups excluding tert-OH is 1. The van der Waals surface area contributed by atoms with Gasteiger partial charge in [-0.3, -0.25) is 4.79 Å². The molecule has 6 heteroatoms. The van der Waals surface area contributed by atoms with Gasteiger partial charge in [0, 0.05) is 11.6 Å². The van der Waals surface area contributed by atoms with Crippen LogP contribution in [0.4, 0.5) is 0 Å².